The van der Waals surface area contributed by atoms with Gasteiger partial charge in [0.2, 0.25) is 0 Å². The topological polar surface area (TPSA) is 35.8 Å². The van der Waals surface area contributed by atoms with Gasteiger partial charge in [0.15, 0.2) is 0 Å². The summed E-state index contributed by atoms with van der Waals surface area (Å²) in [5.74, 6) is -0.380. The molecule has 2 nitrogen and oxygen atoms in total. The maximum absolute atomic E-state index is 13.7. The molecule has 0 aliphatic carbocycles. The number of nitriles is 1. The van der Waals surface area contributed by atoms with Crippen molar-refractivity contribution in [1.29, 1.82) is 5.26 Å². The summed E-state index contributed by atoms with van der Waals surface area (Å²) in [4.78, 5) is 0. The van der Waals surface area contributed by atoms with Crippen LogP contribution >= 0.6 is 11.6 Å². The van der Waals surface area contributed by atoms with E-state index in [1.54, 1.807) is 13.0 Å². The minimum absolute atomic E-state index is 0.0145. The quantitative estimate of drug-likeness (QED) is 0.878. The van der Waals surface area contributed by atoms with E-state index in [9.17, 15) is 4.39 Å². The molecule has 102 valence electrons. The van der Waals surface area contributed by atoms with E-state index < -0.39 is 0 Å². The molecule has 0 aliphatic heterocycles. The lowest BCUT2D eigenvalue weighted by atomic mass is 10.1. The van der Waals surface area contributed by atoms with Crippen LogP contribution in [0.15, 0.2) is 36.4 Å². The molecule has 2 rings (SSSR count). The van der Waals surface area contributed by atoms with Gasteiger partial charge in [-0.05, 0) is 43.7 Å². The summed E-state index contributed by atoms with van der Waals surface area (Å²) in [7, 11) is 0. The van der Waals surface area contributed by atoms with Crippen LogP contribution in [0.25, 0.3) is 0 Å². The summed E-state index contributed by atoms with van der Waals surface area (Å²) in [5.41, 5.74) is 2.48. The molecule has 0 saturated heterocycles. The van der Waals surface area contributed by atoms with Gasteiger partial charge in [-0.25, -0.2) is 4.39 Å². The van der Waals surface area contributed by atoms with Crippen molar-refractivity contribution in [2.45, 2.75) is 19.9 Å². The van der Waals surface area contributed by atoms with Gasteiger partial charge in [-0.2, -0.15) is 5.26 Å². The normalized spacial score (nSPS) is 11.8. The van der Waals surface area contributed by atoms with Gasteiger partial charge in [0, 0.05) is 22.3 Å². The van der Waals surface area contributed by atoms with E-state index in [1.165, 1.54) is 6.07 Å². The van der Waals surface area contributed by atoms with Gasteiger partial charge in [0.25, 0.3) is 0 Å². The van der Waals surface area contributed by atoms with E-state index >= 15 is 0 Å². The Morgan fingerprint density at radius 1 is 1.25 bits per heavy atom. The maximum Gasteiger partial charge on any atom is 0.129 e. The van der Waals surface area contributed by atoms with Crippen LogP contribution in [0.4, 0.5) is 10.1 Å². The predicted octanol–water partition coefficient (Wildman–Crippen LogP) is 4.83. The zero-order chi connectivity index (χ0) is 14.7. The van der Waals surface area contributed by atoms with Gasteiger partial charge in [-0.15, -0.1) is 0 Å². The Labute approximate surface area is 122 Å². The maximum atomic E-state index is 13.7. The van der Waals surface area contributed by atoms with Gasteiger partial charge in [0.05, 0.1) is 11.6 Å². The molecule has 2 aromatic carbocycles. The van der Waals surface area contributed by atoms with Crippen LogP contribution in [0.1, 0.15) is 29.7 Å². The lowest BCUT2D eigenvalue weighted by Gasteiger charge is -2.18. The Morgan fingerprint density at radius 3 is 2.50 bits per heavy atom. The fourth-order valence-corrected chi connectivity index (χ4v) is 2.09. The molecule has 2 aromatic rings. The Kier molecular flexibility index (Phi) is 4.26. The van der Waals surface area contributed by atoms with Crippen molar-refractivity contribution in [3.8, 4) is 6.07 Å². The molecule has 0 aliphatic rings. The largest absolute Gasteiger partial charge is 0.378 e. The van der Waals surface area contributed by atoms with Crippen molar-refractivity contribution in [3.63, 3.8) is 0 Å². The number of halogens is 2. The third kappa shape index (κ3) is 3.09. The highest BCUT2D eigenvalue weighted by atomic mass is 35.5. The zero-order valence-electron chi connectivity index (χ0n) is 11.2. The van der Waals surface area contributed by atoms with E-state index in [4.69, 9.17) is 16.9 Å². The Balaban J connectivity index is 2.28. The molecule has 1 atom stereocenters. The van der Waals surface area contributed by atoms with Gasteiger partial charge in [0.1, 0.15) is 5.82 Å². The van der Waals surface area contributed by atoms with Gasteiger partial charge in [-0.3, -0.25) is 0 Å². The first kappa shape index (κ1) is 14.4. The Morgan fingerprint density at radius 2 is 1.90 bits per heavy atom. The number of anilines is 1. The molecule has 0 radical (unpaired) electrons. The molecule has 0 aromatic heterocycles. The third-order valence-electron chi connectivity index (χ3n) is 3.22. The van der Waals surface area contributed by atoms with Crippen molar-refractivity contribution < 1.29 is 4.39 Å². The van der Waals surface area contributed by atoms with E-state index in [2.05, 4.69) is 5.32 Å². The van der Waals surface area contributed by atoms with Crippen LogP contribution in [-0.4, -0.2) is 0 Å². The average Bonchev–Trinajstić information content (AvgIpc) is 2.44. The zero-order valence-corrected chi connectivity index (χ0v) is 12.0. The lowest BCUT2D eigenvalue weighted by molar-refractivity contribution is 0.618. The summed E-state index contributed by atoms with van der Waals surface area (Å²) >= 11 is 5.86. The van der Waals surface area contributed by atoms with Crippen LogP contribution in [0.5, 0.6) is 0 Å². The van der Waals surface area contributed by atoms with Crippen LogP contribution in [-0.2, 0) is 0 Å². The number of benzene rings is 2. The van der Waals surface area contributed by atoms with E-state index in [-0.39, 0.29) is 11.9 Å². The van der Waals surface area contributed by atoms with Crippen LogP contribution < -0.4 is 5.32 Å². The van der Waals surface area contributed by atoms with E-state index in [1.807, 2.05) is 37.3 Å². The third-order valence-corrected chi connectivity index (χ3v) is 3.47. The second kappa shape index (κ2) is 5.94. The van der Waals surface area contributed by atoms with E-state index in [0.717, 1.165) is 5.56 Å². The molecule has 1 unspecified atom stereocenters. The first-order valence-corrected chi connectivity index (χ1v) is 6.61. The van der Waals surface area contributed by atoms with Gasteiger partial charge >= 0.3 is 0 Å². The Hall–Kier alpha value is -2.05. The molecule has 0 heterocycles. The second-order valence-corrected chi connectivity index (χ2v) is 5.10. The highest BCUT2D eigenvalue weighted by Gasteiger charge is 2.11. The molecule has 1 N–H and O–H groups in total. The minimum Gasteiger partial charge on any atom is -0.378 e. The van der Waals surface area contributed by atoms with Gasteiger partial charge < -0.3 is 5.32 Å². The highest BCUT2D eigenvalue weighted by Crippen LogP contribution is 2.26. The molecule has 0 bridgehead atoms. The highest BCUT2D eigenvalue weighted by molar-refractivity contribution is 6.30. The number of nitrogens with zero attached hydrogens (tertiary/aromatic N) is 1. The summed E-state index contributed by atoms with van der Waals surface area (Å²) in [6.07, 6.45) is 0. The van der Waals surface area contributed by atoms with Crippen molar-refractivity contribution in [1.82, 2.24) is 0 Å². The van der Waals surface area contributed by atoms with Gasteiger partial charge in [-0.1, -0.05) is 23.7 Å². The standard InChI is InChI=1S/C16H14ClFN2/c1-10-15(18)7-12(9-19)8-16(10)20-11(2)13-3-5-14(17)6-4-13/h3-8,11,20H,1-2H3. The molecule has 0 spiro atoms. The molecule has 0 fully saturated rings. The monoisotopic (exact) mass is 288 g/mol. The minimum atomic E-state index is -0.380. The lowest BCUT2D eigenvalue weighted by Crippen LogP contribution is -2.08. The molecular formula is C16H14ClFN2. The number of hydrogen-bond donors (Lipinski definition) is 1. The molecule has 4 heteroatoms. The number of nitrogens with one attached hydrogen (secondary N) is 1. The average molecular weight is 289 g/mol. The molecule has 0 saturated carbocycles. The Bertz CT molecular complexity index is 659. The van der Waals surface area contributed by atoms with E-state index in [0.29, 0.717) is 21.8 Å². The summed E-state index contributed by atoms with van der Waals surface area (Å²) in [6, 6.07) is 12.3. The fourth-order valence-electron chi connectivity index (χ4n) is 1.96. The smallest absolute Gasteiger partial charge is 0.129 e. The van der Waals surface area contributed by atoms with Crippen molar-refractivity contribution in [2.75, 3.05) is 5.32 Å². The van der Waals surface area contributed by atoms with Crippen LogP contribution in [0.2, 0.25) is 5.02 Å². The van der Waals surface area contributed by atoms with Crippen molar-refractivity contribution in [3.05, 3.63) is 63.9 Å². The summed E-state index contributed by atoms with van der Waals surface area (Å²) < 4.78 is 13.7. The molecule has 0 amide bonds. The molecule has 20 heavy (non-hydrogen) atoms. The van der Waals surface area contributed by atoms with Crippen molar-refractivity contribution in [2.24, 2.45) is 0 Å². The first-order chi connectivity index (χ1) is 9.51. The predicted molar refractivity (Wildman–Crippen MR) is 79.3 cm³/mol. The summed E-state index contributed by atoms with van der Waals surface area (Å²) in [5, 5.41) is 12.8. The number of hydrogen-bond acceptors (Lipinski definition) is 2. The second-order valence-electron chi connectivity index (χ2n) is 4.66. The fraction of sp³-hybridized carbons (Fsp3) is 0.188. The van der Waals surface area contributed by atoms with Crippen LogP contribution in [0, 0.1) is 24.1 Å². The van der Waals surface area contributed by atoms with Crippen LogP contribution in [0.3, 0.4) is 0 Å². The number of rotatable bonds is 3. The van der Waals surface area contributed by atoms with Crippen molar-refractivity contribution >= 4 is 17.3 Å². The summed E-state index contributed by atoms with van der Waals surface area (Å²) in [6.45, 7) is 3.66. The molecular weight excluding hydrogens is 275 g/mol. The SMILES string of the molecule is Cc1c(F)cc(C#N)cc1NC(C)c1ccc(Cl)cc1. The first-order valence-electron chi connectivity index (χ1n) is 6.23.